The number of amides is 1. The van der Waals surface area contributed by atoms with Crippen molar-refractivity contribution in [3.05, 3.63) is 54.0 Å². The van der Waals surface area contributed by atoms with Crippen molar-refractivity contribution in [1.82, 2.24) is 9.62 Å². The van der Waals surface area contributed by atoms with Gasteiger partial charge in [0.25, 0.3) is 5.91 Å². The van der Waals surface area contributed by atoms with Gasteiger partial charge in [-0.25, -0.2) is 13.1 Å². The minimum atomic E-state index is -3.73. The van der Waals surface area contributed by atoms with E-state index in [-0.39, 0.29) is 29.8 Å². The third-order valence-electron chi connectivity index (χ3n) is 4.79. The van der Waals surface area contributed by atoms with E-state index < -0.39 is 10.0 Å². The highest BCUT2D eigenvalue weighted by atomic mass is 32.2. The second kappa shape index (κ2) is 9.69. The van der Waals surface area contributed by atoms with Gasteiger partial charge in [0.15, 0.2) is 0 Å². The van der Waals surface area contributed by atoms with Crippen LogP contribution in [0, 0.1) is 11.3 Å². The Hall–Kier alpha value is -2.67. The summed E-state index contributed by atoms with van der Waals surface area (Å²) in [5.74, 6) is 0.296. The highest BCUT2D eigenvalue weighted by molar-refractivity contribution is 7.89. The molecule has 1 aromatic carbocycles. The van der Waals surface area contributed by atoms with E-state index in [0.717, 1.165) is 12.8 Å². The molecule has 1 amide bonds. The summed E-state index contributed by atoms with van der Waals surface area (Å²) in [6.07, 6.45) is 3.16. The minimum Gasteiger partial charge on any atom is -0.468 e. The molecule has 0 unspecified atom stereocenters. The van der Waals surface area contributed by atoms with Crippen LogP contribution < -0.4 is 4.72 Å². The largest absolute Gasteiger partial charge is 0.468 e. The molecule has 9 heteroatoms. The topological polar surface area (TPSA) is 113 Å². The number of hydrogen-bond donors (Lipinski definition) is 1. The zero-order chi connectivity index (χ0) is 20.7. The highest BCUT2D eigenvalue weighted by Gasteiger charge is 2.26. The first kappa shape index (κ1) is 21.0. The number of nitrogens with one attached hydrogen (secondary N) is 1. The van der Waals surface area contributed by atoms with Crippen molar-refractivity contribution in [2.75, 3.05) is 19.8 Å². The number of furan rings is 1. The molecule has 1 aliphatic heterocycles. The Morgan fingerprint density at radius 1 is 1.21 bits per heavy atom. The van der Waals surface area contributed by atoms with Crippen molar-refractivity contribution in [3.63, 3.8) is 0 Å². The third kappa shape index (κ3) is 5.44. The van der Waals surface area contributed by atoms with Crippen LogP contribution in [0.25, 0.3) is 0 Å². The van der Waals surface area contributed by atoms with Gasteiger partial charge in [-0.1, -0.05) is 0 Å². The number of sulfonamides is 1. The number of ether oxygens (including phenoxy) is 1. The van der Waals surface area contributed by atoms with Crippen molar-refractivity contribution in [2.24, 2.45) is 0 Å². The third-order valence-corrected chi connectivity index (χ3v) is 6.20. The van der Waals surface area contributed by atoms with Crippen molar-refractivity contribution < 1.29 is 22.4 Å². The maximum absolute atomic E-state index is 13.0. The zero-order valence-electron chi connectivity index (χ0n) is 15.9. The van der Waals surface area contributed by atoms with Crippen molar-refractivity contribution in [1.29, 1.82) is 5.26 Å². The van der Waals surface area contributed by atoms with E-state index in [9.17, 15) is 13.2 Å². The van der Waals surface area contributed by atoms with Crippen LogP contribution in [0.15, 0.2) is 52.0 Å². The van der Waals surface area contributed by atoms with Gasteiger partial charge in [-0.2, -0.15) is 5.26 Å². The molecule has 1 aliphatic rings. The molecule has 0 bridgehead atoms. The van der Waals surface area contributed by atoms with E-state index in [1.807, 2.05) is 0 Å². The lowest BCUT2D eigenvalue weighted by molar-refractivity contribution is 0.0296. The second-order valence-electron chi connectivity index (χ2n) is 6.68. The first-order valence-electron chi connectivity index (χ1n) is 9.39. The van der Waals surface area contributed by atoms with Gasteiger partial charge in [-0.05, 0) is 49.2 Å². The van der Waals surface area contributed by atoms with Crippen molar-refractivity contribution in [3.8, 4) is 6.07 Å². The summed E-state index contributed by atoms with van der Waals surface area (Å²) in [5.41, 5.74) is 0.388. The van der Waals surface area contributed by atoms with Crippen molar-refractivity contribution >= 4 is 15.9 Å². The summed E-state index contributed by atoms with van der Waals surface area (Å²) in [4.78, 5) is 14.8. The number of hydrogen-bond acceptors (Lipinski definition) is 6. The average Bonchev–Trinajstić information content (AvgIpc) is 3.27. The van der Waals surface area contributed by atoms with Gasteiger partial charge >= 0.3 is 0 Å². The number of nitriles is 1. The number of carbonyl (C=O) groups is 1. The Labute approximate surface area is 170 Å². The highest BCUT2D eigenvalue weighted by Crippen LogP contribution is 2.19. The molecule has 1 aromatic heterocycles. The van der Waals surface area contributed by atoms with Gasteiger partial charge in [0, 0.05) is 31.4 Å². The Kier molecular flexibility index (Phi) is 7.04. The Bertz CT molecular complexity index is 943. The van der Waals surface area contributed by atoms with Gasteiger partial charge in [0.05, 0.1) is 30.2 Å². The normalized spacial score (nSPS) is 15.0. The lowest BCUT2D eigenvalue weighted by Gasteiger charge is -2.34. The molecule has 8 nitrogen and oxygen atoms in total. The first-order chi connectivity index (χ1) is 14.0. The fourth-order valence-electron chi connectivity index (χ4n) is 3.22. The SMILES string of the molecule is N#CCCN(C(=O)c1ccc(S(=O)(=O)NCc2ccco2)cc1)C1CCOCC1. The van der Waals surface area contributed by atoms with Gasteiger partial charge in [-0.15, -0.1) is 0 Å². The van der Waals surface area contributed by atoms with Crippen LogP contribution in [0.1, 0.15) is 35.4 Å². The number of rotatable bonds is 8. The first-order valence-corrected chi connectivity index (χ1v) is 10.9. The van der Waals surface area contributed by atoms with Crippen LogP contribution >= 0.6 is 0 Å². The molecule has 1 fully saturated rings. The predicted octanol–water partition coefficient (Wildman–Crippen LogP) is 2.29. The quantitative estimate of drug-likeness (QED) is 0.705. The van der Waals surface area contributed by atoms with Crippen LogP contribution in [0.4, 0.5) is 0 Å². The van der Waals surface area contributed by atoms with E-state index in [1.165, 1.54) is 30.5 Å². The van der Waals surface area contributed by atoms with Crippen LogP contribution in [0.5, 0.6) is 0 Å². The molecule has 0 atom stereocenters. The van der Waals surface area contributed by atoms with Gasteiger partial charge in [0.2, 0.25) is 10.0 Å². The lowest BCUT2D eigenvalue weighted by atomic mass is 10.0. The molecular formula is C20H23N3O5S. The van der Waals surface area contributed by atoms with Gasteiger partial charge in [-0.3, -0.25) is 4.79 Å². The Morgan fingerprint density at radius 2 is 1.93 bits per heavy atom. The molecule has 1 saturated heterocycles. The summed E-state index contributed by atoms with van der Waals surface area (Å²) in [7, 11) is -3.73. The summed E-state index contributed by atoms with van der Waals surface area (Å²) in [5, 5.41) is 8.92. The van der Waals surface area contributed by atoms with Gasteiger partial charge in [0.1, 0.15) is 5.76 Å². The standard InChI is InChI=1S/C20H23N3O5S/c21-10-2-11-23(17-8-13-27-14-9-17)20(24)16-4-6-19(7-5-16)29(25,26)22-15-18-3-1-12-28-18/h1,3-7,12,17,22H,2,8-9,11,13-15H2. The fourth-order valence-corrected chi connectivity index (χ4v) is 4.22. The average molecular weight is 417 g/mol. The molecule has 3 rings (SSSR count). The van der Waals surface area contributed by atoms with E-state index in [0.29, 0.717) is 31.1 Å². The molecular weight excluding hydrogens is 394 g/mol. The van der Waals surface area contributed by atoms with E-state index in [2.05, 4.69) is 10.8 Å². The van der Waals surface area contributed by atoms with Crippen LogP contribution in [-0.2, 0) is 21.3 Å². The van der Waals surface area contributed by atoms with Crippen LogP contribution in [0.2, 0.25) is 0 Å². The summed E-state index contributed by atoms with van der Waals surface area (Å²) in [6.45, 7) is 1.55. The van der Waals surface area contributed by atoms with Crippen LogP contribution in [-0.4, -0.2) is 45.0 Å². The zero-order valence-corrected chi connectivity index (χ0v) is 16.7. The lowest BCUT2D eigenvalue weighted by Crippen LogP contribution is -2.44. The molecule has 0 spiro atoms. The van der Waals surface area contributed by atoms with E-state index >= 15 is 0 Å². The Balaban J connectivity index is 1.71. The molecule has 29 heavy (non-hydrogen) atoms. The number of carbonyl (C=O) groups excluding carboxylic acids is 1. The van der Waals surface area contributed by atoms with E-state index in [4.69, 9.17) is 14.4 Å². The Morgan fingerprint density at radius 3 is 2.55 bits per heavy atom. The summed E-state index contributed by atoms with van der Waals surface area (Å²) >= 11 is 0. The summed E-state index contributed by atoms with van der Waals surface area (Å²) in [6, 6.07) is 11.3. The predicted molar refractivity (Wildman–Crippen MR) is 104 cm³/mol. The maximum Gasteiger partial charge on any atom is 0.254 e. The molecule has 1 N–H and O–H groups in total. The van der Waals surface area contributed by atoms with Crippen molar-refractivity contribution in [2.45, 2.75) is 36.7 Å². The molecule has 154 valence electrons. The number of benzene rings is 1. The molecule has 2 aromatic rings. The second-order valence-corrected chi connectivity index (χ2v) is 8.45. The molecule has 0 aliphatic carbocycles. The molecule has 0 radical (unpaired) electrons. The number of nitrogens with zero attached hydrogens (tertiary/aromatic N) is 2. The maximum atomic E-state index is 13.0. The smallest absolute Gasteiger partial charge is 0.254 e. The summed E-state index contributed by atoms with van der Waals surface area (Å²) < 4.78 is 37.8. The monoisotopic (exact) mass is 417 g/mol. The van der Waals surface area contributed by atoms with Crippen LogP contribution in [0.3, 0.4) is 0 Å². The van der Waals surface area contributed by atoms with Gasteiger partial charge < -0.3 is 14.1 Å². The molecule has 2 heterocycles. The molecule has 0 saturated carbocycles. The van der Waals surface area contributed by atoms with E-state index in [1.54, 1.807) is 17.0 Å². The minimum absolute atomic E-state index is 0.0166. The fraction of sp³-hybridized carbons (Fsp3) is 0.400.